The number of Topliss-reactive ketones (excluding diaryl/α,β-unsaturated/α-hetero) is 2. The van der Waals surface area contributed by atoms with Crippen LogP contribution in [0.5, 0.6) is 5.75 Å². The van der Waals surface area contributed by atoms with E-state index in [0.717, 1.165) is 11.1 Å². The number of aromatic hydroxyl groups is 1. The van der Waals surface area contributed by atoms with Crippen LogP contribution in [0.2, 0.25) is 0 Å². The van der Waals surface area contributed by atoms with E-state index in [4.69, 9.17) is 11.5 Å². The summed E-state index contributed by atoms with van der Waals surface area (Å²) in [6, 6.07) is 11.3. The molecule has 3 aliphatic carbocycles. The van der Waals surface area contributed by atoms with E-state index >= 15 is 0 Å². The van der Waals surface area contributed by atoms with E-state index in [0.29, 0.717) is 24.0 Å². The van der Waals surface area contributed by atoms with Gasteiger partial charge < -0.3 is 26.8 Å². The smallest absolute Gasteiger partial charge is 0.255 e. The summed E-state index contributed by atoms with van der Waals surface area (Å²) >= 11 is 0. The van der Waals surface area contributed by atoms with Gasteiger partial charge in [-0.05, 0) is 47.4 Å². The molecule has 3 aliphatic rings. The van der Waals surface area contributed by atoms with Gasteiger partial charge in [0.05, 0.1) is 11.5 Å². The van der Waals surface area contributed by atoms with Crippen molar-refractivity contribution < 1.29 is 29.7 Å². The third-order valence-electron chi connectivity index (χ3n) is 7.27. The summed E-state index contributed by atoms with van der Waals surface area (Å²) in [4.78, 5) is 37.7. The molecular weight excluding hydrogens is 436 g/mol. The van der Waals surface area contributed by atoms with Gasteiger partial charge in [-0.1, -0.05) is 30.3 Å². The van der Waals surface area contributed by atoms with Crippen molar-refractivity contribution in [3.05, 3.63) is 70.0 Å². The van der Waals surface area contributed by atoms with Gasteiger partial charge in [-0.15, -0.1) is 0 Å². The van der Waals surface area contributed by atoms with Crippen LogP contribution in [0.3, 0.4) is 0 Å². The third kappa shape index (κ3) is 3.06. The summed E-state index contributed by atoms with van der Waals surface area (Å²) in [5.41, 5.74) is 13.6. The van der Waals surface area contributed by atoms with E-state index in [1.54, 1.807) is 6.07 Å². The summed E-state index contributed by atoms with van der Waals surface area (Å²) in [5.74, 6) is -5.46. The highest BCUT2D eigenvalue weighted by atomic mass is 16.3. The lowest BCUT2D eigenvalue weighted by atomic mass is 9.61. The average molecular weight is 460 g/mol. The number of carbonyl (C=O) groups excluding carboxylic acids is 3. The highest BCUT2D eigenvalue weighted by Gasteiger charge is 2.51. The Morgan fingerprint density at radius 3 is 2.41 bits per heavy atom. The number of phenolic OH excluding ortho intramolecular Hbond substituents is 1. The van der Waals surface area contributed by atoms with Crippen molar-refractivity contribution in [2.24, 2.45) is 29.2 Å². The fourth-order valence-corrected chi connectivity index (χ4v) is 5.80. The number of hydrogen-bond acceptors (Lipinski definition) is 7. The Morgan fingerprint density at radius 1 is 1.06 bits per heavy atom. The van der Waals surface area contributed by atoms with Gasteiger partial charge in [0.25, 0.3) is 5.91 Å². The molecule has 0 saturated heterocycles. The Bertz CT molecular complexity index is 1320. The number of aliphatic hydroxyl groups excluding tert-OH is 2. The van der Waals surface area contributed by atoms with Crippen molar-refractivity contribution in [2.45, 2.75) is 25.8 Å². The lowest BCUT2D eigenvalue weighted by Crippen LogP contribution is -2.44. The van der Waals surface area contributed by atoms with Crippen molar-refractivity contribution in [1.82, 2.24) is 0 Å². The second kappa shape index (κ2) is 7.85. The van der Waals surface area contributed by atoms with Gasteiger partial charge in [-0.2, -0.15) is 0 Å². The van der Waals surface area contributed by atoms with E-state index < -0.39 is 46.6 Å². The maximum Gasteiger partial charge on any atom is 0.255 e. The standard InChI is InChI=1S/C26H24N2O6/c27-10-14-8-15(11-4-2-1-3-5-11)16-7-12-6-13-9-17(29)21(26(28)34)25(33)19(13)23(31)18(12)24(32)20(16)22(14)30/h1-5,8,12-13,19,30,32-33H,6-7,9-10,27H2,(H2,28,34)/t12-,13+,19?/m1/s1. The Morgan fingerprint density at radius 2 is 1.76 bits per heavy atom. The van der Waals surface area contributed by atoms with Crippen LogP contribution in [-0.2, 0) is 27.3 Å². The predicted molar refractivity (Wildman–Crippen MR) is 123 cm³/mol. The van der Waals surface area contributed by atoms with Crippen LogP contribution in [0.25, 0.3) is 16.9 Å². The van der Waals surface area contributed by atoms with Gasteiger partial charge in [0, 0.05) is 24.1 Å². The maximum absolute atomic E-state index is 13.5. The van der Waals surface area contributed by atoms with Crippen LogP contribution in [-0.4, -0.2) is 32.8 Å². The molecule has 0 aromatic heterocycles. The monoisotopic (exact) mass is 460 g/mol. The lowest BCUT2D eigenvalue weighted by Gasteiger charge is -2.41. The molecule has 3 atom stereocenters. The summed E-state index contributed by atoms with van der Waals surface area (Å²) < 4.78 is 0. The number of allylic oxidation sites excluding steroid dienone is 2. The largest absolute Gasteiger partial charge is 0.511 e. The molecule has 0 radical (unpaired) electrons. The molecule has 0 heterocycles. The van der Waals surface area contributed by atoms with E-state index in [9.17, 15) is 29.7 Å². The van der Waals surface area contributed by atoms with Crippen LogP contribution in [0.4, 0.5) is 0 Å². The number of rotatable bonds is 3. The Hall–Kier alpha value is -3.91. The fraction of sp³-hybridized carbons (Fsp3) is 0.269. The van der Waals surface area contributed by atoms with E-state index in [1.165, 1.54) is 0 Å². The molecule has 1 fully saturated rings. The van der Waals surface area contributed by atoms with E-state index in [-0.39, 0.29) is 35.6 Å². The van der Waals surface area contributed by atoms with Gasteiger partial charge in [0.1, 0.15) is 22.8 Å². The van der Waals surface area contributed by atoms with E-state index in [2.05, 4.69) is 0 Å². The van der Waals surface area contributed by atoms with Crippen LogP contribution in [0.1, 0.15) is 29.5 Å². The number of hydrogen-bond donors (Lipinski definition) is 5. The van der Waals surface area contributed by atoms with Crippen molar-refractivity contribution in [2.75, 3.05) is 0 Å². The van der Waals surface area contributed by atoms with Crippen LogP contribution in [0.15, 0.2) is 53.3 Å². The van der Waals surface area contributed by atoms with Crippen molar-refractivity contribution in [3.63, 3.8) is 0 Å². The first-order valence-corrected chi connectivity index (χ1v) is 11.1. The highest BCUT2D eigenvalue weighted by molar-refractivity contribution is 6.21. The molecule has 8 heteroatoms. The fourth-order valence-electron chi connectivity index (χ4n) is 5.80. The zero-order valence-corrected chi connectivity index (χ0v) is 18.2. The molecule has 2 aromatic carbocycles. The van der Waals surface area contributed by atoms with Gasteiger partial charge in [-0.25, -0.2) is 0 Å². The molecule has 34 heavy (non-hydrogen) atoms. The zero-order valence-electron chi connectivity index (χ0n) is 18.2. The molecule has 1 amide bonds. The molecule has 0 spiro atoms. The third-order valence-corrected chi connectivity index (χ3v) is 7.27. The number of ketones is 2. The SMILES string of the molecule is NCc1cc(-c2ccccc2)c2c(c1O)C(O)=C1C(=O)C3C(O)=C(C(N)=O)C(=O)C[C@@H]3C[C@@H]1C2. The average Bonchev–Trinajstić information content (AvgIpc) is 2.79. The van der Waals surface area contributed by atoms with Crippen LogP contribution in [0, 0.1) is 17.8 Å². The van der Waals surface area contributed by atoms with Crippen molar-refractivity contribution >= 4 is 23.2 Å². The first-order valence-electron chi connectivity index (χ1n) is 11.1. The molecule has 1 saturated carbocycles. The first-order chi connectivity index (χ1) is 16.2. The Kier molecular flexibility index (Phi) is 5.06. The topological polar surface area (TPSA) is 164 Å². The minimum absolute atomic E-state index is 0.0250. The number of nitrogens with two attached hydrogens (primary N) is 2. The second-order valence-corrected chi connectivity index (χ2v) is 9.11. The first kappa shape index (κ1) is 21.9. The molecule has 2 aromatic rings. The number of benzene rings is 2. The number of carbonyl (C=O) groups is 3. The molecule has 8 nitrogen and oxygen atoms in total. The molecule has 5 rings (SSSR count). The van der Waals surface area contributed by atoms with Gasteiger partial charge in [0.15, 0.2) is 11.6 Å². The van der Waals surface area contributed by atoms with Gasteiger partial charge in [0.2, 0.25) is 0 Å². The van der Waals surface area contributed by atoms with Crippen molar-refractivity contribution in [3.8, 4) is 16.9 Å². The molecule has 0 aliphatic heterocycles. The number of phenols is 1. The molecule has 0 bridgehead atoms. The van der Waals surface area contributed by atoms with Gasteiger partial charge in [-0.3, -0.25) is 14.4 Å². The maximum atomic E-state index is 13.5. The number of primary amides is 1. The summed E-state index contributed by atoms with van der Waals surface area (Å²) in [6.07, 6.45) is 0.622. The normalized spacial score (nSPS) is 24.0. The summed E-state index contributed by atoms with van der Waals surface area (Å²) in [6.45, 7) is 0.0250. The molecular formula is C26H24N2O6. The minimum atomic E-state index is -1.14. The van der Waals surface area contributed by atoms with Crippen LogP contribution < -0.4 is 11.5 Å². The lowest BCUT2D eigenvalue weighted by molar-refractivity contribution is -0.127. The second-order valence-electron chi connectivity index (χ2n) is 9.11. The number of amides is 1. The van der Waals surface area contributed by atoms with Crippen molar-refractivity contribution in [1.29, 1.82) is 0 Å². The number of aliphatic hydroxyl groups is 2. The van der Waals surface area contributed by atoms with Crippen LogP contribution >= 0.6 is 0 Å². The summed E-state index contributed by atoms with van der Waals surface area (Å²) in [5, 5.41) is 32.9. The Balaban J connectivity index is 1.72. The van der Waals surface area contributed by atoms with E-state index in [1.807, 2.05) is 30.3 Å². The molecule has 1 unspecified atom stereocenters. The molecule has 7 N–H and O–H groups in total. The highest BCUT2D eigenvalue weighted by Crippen LogP contribution is 2.52. The Labute approximate surface area is 195 Å². The van der Waals surface area contributed by atoms with Gasteiger partial charge >= 0.3 is 0 Å². The predicted octanol–water partition coefficient (Wildman–Crippen LogP) is 2.43. The molecule has 174 valence electrons. The number of fused-ring (bicyclic) bond motifs is 3. The minimum Gasteiger partial charge on any atom is -0.511 e. The summed E-state index contributed by atoms with van der Waals surface area (Å²) in [7, 11) is 0. The quantitative estimate of drug-likeness (QED) is 0.439. The zero-order chi connectivity index (χ0) is 24.3.